The van der Waals surface area contributed by atoms with Crippen LogP contribution >= 0.6 is 27.3 Å². The van der Waals surface area contributed by atoms with Crippen molar-refractivity contribution in [3.63, 3.8) is 0 Å². The van der Waals surface area contributed by atoms with E-state index >= 15 is 0 Å². The van der Waals surface area contributed by atoms with E-state index in [0.717, 1.165) is 15.0 Å². The second-order valence-electron chi connectivity index (χ2n) is 3.30. The Morgan fingerprint density at radius 2 is 2.12 bits per heavy atom. The molecule has 2 rings (SSSR count). The fraction of sp³-hybridized carbons (Fsp3) is 0.182. The third-order valence-corrected chi connectivity index (χ3v) is 3.54. The molecule has 84 valence electrons. The van der Waals surface area contributed by atoms with Gasteiger partial charge in [0.15, 0.2) is 11.6 Å². The number of benzene rings is 1. The standard InChI is InChI=1S/C11H9BrFNOS/c1-6-7(2)16-11(14-6)15-10-5-8(12)3-4-9(10)13/h3-5H,1-2H3. The van der Waals surface area contributed by atoms with Crippen molar-refractivity contribution in [2.24, 2.45) is 0 Å². The molecule has 1 heterocycles. The molecule has 1 aromatic heterocycles. The summed E-state index contributed by atoms with van der Waals surface area (Å²) < 4.78 is 19.6. The van der Waals surface area contributed by atoms with E-state index in [1.165, 1.54) is 17.4 Å². The van der Waals surface area contributed by atoms with E-state index in [0.29, 0.717) is 5.19 Å². The predicted molar refractivity (Wildman–Crippen MR) is 65.8 cm³/mol. The van der Waals surface area contributed by atoms with Crippen molar-refractivity contribution in [2.45, 2.75) is 13.8 Å². The zero-order valence-corrected chi connectivity index (χ0v) is 11.2. The molecule has 0 amide bonds. The summed E-state index contributed by atoms with van der Waals surface area (Å²) in [6, 6.07) is 4.56. The third-order valence-electron chi connectivity index (χ3n) is 2.10. The first-order valence-corrected chi connectivity index (χ1v) is 6.24. The molecule has 0 bridgehead atoms. The summed E-state index contributed by atoms with van der Waals surface area (Å²) in [7, 11) is 0. The van der Waals surface area contributed by atoms with Crippen LogP contribution in [0.4, 0.5) is 4.39 Å². The van der Waals surface area contributed by atoms with E-state index in [9.17, 15) is 4.39 Å². The Balaban J connectivity index is 2.29. The number of aryl methyl sites for hydroxylation is 2. The van der Waals surface area contributed by atoms with Crippen molar-refractivity contribution in [3.8, 4) is 10.9 Å². The molecule has 16 heavy (non-hydrogen) atoms. The quantitative estimate of drug-likeness (QED) is 0.817. The third kappa shape index (κ3) is 2.41. The number of ether oxygens (including phenoxy) is 1. The van der Waals surface area contributed by atoms with E-state index in [1.807, 2.05) is 13.8 Å². The molecule has 0 spiro atoms. The number of nitrogens with zero attached hydrogens (tertiary/aromatic N) is 1. The molecule has 0 atom stereocenters. The van der Waals surface area contributed by atoms with Crippen LogP contribution in [0.2, 0.25) is 0 Å². The Labute approximate surface area is 105 Å². The lowest BCUT2D eigenvalue weighted by Gasteiger charge is -2.03. The lowest BCUT2D eigenvalue weighted by atomic mass is 10.3. The molecule has 2 nitrogen and oxygen atoms in total. The molecular formula is C11H9BrFNOS. The number of aromatic nitrogens is 1. The van der Waals surface area contributed by atoms with Crippen LogP contribution in [-0.2, 0) is 0 Å². The Hall–Kier alpha value is -0.940. The first-order chi connectivity index (χ1) is 7.56. The van der Waals surface area contributed by atoms with E-state index in [2.05, 4.69) is 20.9 Å². The molecule has 1 aromatic carbocycles. The number of thiazole rings is 1. The van der Waals surface area contributed by atoms with Gasteiger partial charge in [0.25, 0.3) is 5.19 Å². The topological polar surface area (TPSA) is 22.1 Å². The minimum absolute atomic E-state index is 0.183. The first kappa shape index (κ1) is 11.5. The van der Waals surface area contributed by atoms with E-state index in [-0.39, 0.29) is 5.75 Å². The first-order valence-electron chi connectivity index (χ1n) is 4.63. The van der Waals surface area contributed by atoms with Gasteiger partial charge in [0.1, 0.15) is 0 Å². The largest absolute Gasteiger partial charge is 0.428 e. The molecule has 0 saturated heterocycles. The van der Waals surface area contributed by atoms with Crippen molar-refractivity contribution in [1.82, 2.24) is 4.98 Å². The molecule has 0 saturated carbocycles. The van der Waals surface area contributed by atoms with Gasteiger partial charge in [-0.05, 0) is 32.0 Å². The number of halogens is 2. The summed E-state index contributed by atoms with van der Waals surface area (Å²) in [4.78, 5) is 5.27. The van der Waals surface area contributed by atoms with Crippen LogP contribution in [0.5, 0.6) is 10.9 Å². The van der Waals surface area contributed by atoms with Gasteiger partial charge in [-0.3, -0.25) is 0 Å². The summed E-state index contributed by atoms with van der Waals surface area (Å²) in [5.41, 5.74) is 0.912. The van der Waals surface area contributed by atoms with Gasteiger partial charge in [0.2, 0.25) is 0 Å². The van der Waals surface area contributed by atoms with Crippen molar-refractivity contribution < 1.29 is 9.13 Å². The van der Waals surface area contributed by atoms with E-state index < -0.39 is 5.82 Å². The number of rotatable bonds is 2. The van der Waals surface area contributed by atoms with Gasteiger partial charge in [-0.15, -0.1) is 0 Å². The van der Waals surface area contributed by atoms with Gasteiger partial charge in [-0.2, -0.15) is 0 Å². The molecule has 0 unspecified atom stereocenters. The van der Waals surface area contributed by atoms with Gasteiger partial charge < -0.3 is 4.74 Å². The van der Waals surface area contributed by atoms with Gasteiger partial charge in [-0.25, -0.2) is 9.37 Å². The highest BCUT2D eigenvalue weighted by Gasteiger charge is 2.09. The van der Waals surface area contributed by atoms with Crippen LogP contribution in [0.3, 0.4) is 0 Å². The molecule has 0 fully saturated rings. The average Bonchev–Trinajstić information content (AvgIpc) is 2.52. The zero-order chi connectivity index (χ0) is 11.7. The SMILES string of the molecule is Cc1nc(Oc2cc(Br)ccc2F)sc1C. The fourth-order valence-electron chi connectivity index (χ4n) is 1.14. The van der Waals surface area contributed by atoms with Crippen LogP contribution in [-0.4, -0.2) is 4.98 Å². The smallest absolute Gasteiger partial charge is 0.279 e. The van der Waals surface area contributed by atoms with Crippen LogP contribution in [0.25, 0.3) is 0 Å². The van der Waals surface area contributed by atoms with Crippen LogP contribution in [0, 0.1) is 19.7 Å². The molecule has 5 heteroatoms. The monoisotopic (exact) mass is 301 g/mol. The summed E-state index contributed by atoms with van der Waals surface area (Å²) in [5, 5.41) is 0.465. The zero-order valence-electron chi connectivity index (χ0n) is 8.75. The minimum atomic E-state index is -0.395. The molecule has 0 N–H and O–H groups in total. The molecule has 0 aliphatic heterocycles. The maximum atomic E-state index is 13.4. The molecule has 0 radical (unpaired) electrons. The minimum Gasteiger partial charge on any atom is -0.428 e. The summed E-state index contributed by atoms with van der Waals surface area (Å²) >= 11 is 4.67. The van der Waals surface area contributed by atoms with Gasteiger partial charge >= 0.3 is 0 Å². The Bertz CT molecular complexity index is 507. The van der Waals surface area contributed by atoms with Crippen molar-refractivity contribution in [3.05, 3.63) is 39.1 Å². The maximum absolute atomic E-state index is 13.4. The van der Waals surface area contributed by atoms with Crippen molar-refractivity contribution >= 4 is 27.3 Å². The predicted octanol–water partition coefficient (Wildman–Crippen LogP) is 4.45. The highest BCUT2D eigenvalue weighted by molar-refractivity contribution is 9.10. The summed E-state index contributed by atoms with van der Waals surface area (Å²) in [6.07, 6.45) is 0. The lowest BCUT2D eigenvalue weighted by Crippen LogP contribution is -1.87. The maximum Gasteiger partial charge on any atom is 0.279 e. The second-order valence-corrected chi connectivity index (χ2v) is 5.38. The highest BCUT2D eigenvalue weighted by Crippen LogP contribution is 2.31. The molecule has 2 aromatic rings. The van der Waals surface area contributed by atoms with Gasteiger partial charge in [0.05, 0.1) is 5.69 Å². The van der Waals surface area contributed by atoms with Crippen LogP contribution < -0.4 is 4.74 Å². The Morgan fingerprint density at radius 1 is 1.38 bits per heavy atom. The van der Waals surface area contributed by atoms with Crippen LogP contribution in [0.15, 0.2) is 22.7 Å². The summed E-state index contributed by atoms with van der Waals surface area (Å²) in [5.74, 6) is -0.211. The normalized spacial score (nSPS) is 10.5. The molecule has 0 aliphatic carbocycles. The lowest BCUT2D eigenvalue weighted by molar-refractivity contribution is 0.438. The second kappa shape index (κ2) is 4.51. The number of hydrogen-bond acceptors (Lipinski definition) is 3. The van der Waals surface area contributed by atoms with Gasteiger partial charge in [-0.1, -0.05) is 27.3 Å². The Kier molecular flexibility index (Phi) is 3.25. The average molecular weight is 302 g/mol. The summed E-state index contributed by atoms with van der Waals surface area (Å²) in [6.45, 7) is 3.85. The highest BCUT2D eigenvalue weighted by atomic mass is 79.9. The Morgan fingerprint density at radius 3 is 2.75 bits per heavy atom. The van der Waals surface area contributed by atoms with E-state index in [1.54, 1.807) is 12.1 Å². The molecular weight excluding hydrogens is 293 g/mol. The van der Waals surface area contributed by atoms with Crippen molar-refractivity contribution in [2.75, 3.05) is 0 Å². The van der Waals surface area contributed by atoms with E-state index in [4.69, 9.17) is 4.74 Å². The molecule has 0 aliphatic rings. The van der Waals surface area contributed by atoms with Crippen LogP contribution in [0.1, 0.15) is 10.6 Å². The van der Waals surface area contributed by atoms with Gasteiger partial charge in [0, 0.05) is 9.35 Å². The fourth-order valence-corrected chi connectivity index (χ4v) is 2.25. The van der Waals surface area contributed by atoms with Crippen molar-refractivity contribution in [1.29, 1.82) is 0 Å². The number of hydrogen-bond donors (Lipinski definition) is 0.